The quantitative estimate of drug-likeness (QED) is 0.515. The smallest absolute Gasteiger partial charge is 0.272 e. The second-order valence-corrected chi connectivity index (χ2v) is 9.38. The van der Waals surface area contributed by atoms with E-state index in [-0.39, 0.29) is 11.3 Å². The first-order valence-corrected chi connectivity index (χ1v) is 10.3. The molecule has 0 aromatic carbocycles. The van der Waals surface area contributed by atoms with Crippen LogP contribution in [0.3, 0.4) is 0 Å². The second kappa shape index (κ2) is 6.83. The second-order valence-electron chi connectivity index (χ2n) is 9.38. The van der Waals surface area contributed by atoms with Gasteiger partial charge < -0.3 is 10.5 Å². The van der Waals surface area contributed by atoms with Crippen molar-refractivity contribution in [2.24, 2.45) is 11.3 Å². The highest BCUT2D eigenvalue weighted by Crippen LogP contribution is 2.57. The third-order valence-corrected chi connectivity index (χ3v) is 6.05. The molecule has 3 aromatic rings. The number of amides is 1. The van der Waals surface area contributed by atoms with Crippen molar-refractivity contribution >= 4 is 5.91 Å². The highest BCUT2D eigenvalue weighted by atomic mass is 19.1. The minimum Gasteiger partial charge on any atom is -0.619 e. The molecule has 5 rings (SSSR count). The van der Waals surface area contributed by atoms with Crippen molar-refractivity contribution in [2.45, 2.75) is 45.6 Å². The maximum Gasteiger partial charge on any atom is 0.272 e. The van der Waals surface area contributed by atoms with E-state index in [1.807, 2.05) is 20.8 Å². The van der Waals surface area contributed by atoms with Crippen molar-refractivity contribution in [2.75, 3.05) is 0 Å². The van der Waals surface area contributed by atoms with Crippen molar-refractivity contribution < 1.29 is 13.9 Å². The Morgan fingerprint density at radius 1 is 1.35 bits per heavy atom. The van der Waals surface area contributed by atoms with E-state index >= 15 is 0 Å². The van der Waals surface area contributed by atoms with Gasteiger partial charge in [-0.25, -0.2) is 14.1 Å². The molecule has 2 aliphatic carbocycles. The Morgan fingerprint density at radius 2 is 2.16 bits per heavy atom. The van der Waals surface area contributed by atoms with Crippen LogP contribution in [0.5, 0.6) is 0 Å². The van der Waals surface area contributed by atoms with E-state index in [0.29, 0.717) is 33.8 Å². The SMILES string of the molecule is CC(C)(C)C(NC(=O)c1nn(-c2c[n+]([O-])ccn2)c2c1C[C@H]1C[C@@H]21)c1ccc(F)cn1. The molecule has 1 amide bonds. The number of nitrogens with one attached hydrogen (secondary N) is 1. The molecule has 9 heteroatoms. The number of halogens is 1. The zero-order chi connectivity index (χ0) is 21.9. The summed E-state index contributed by atoms with van der Waals surface area (Å²) in [5.41, 5.74) is 2.46. The van der Waals surface area contributed by atoms with Gasteiger partial charge in [0.25, 0.3) is 5.91 Å². The molecule has 1 saturated carbocycles. The van der Waals surface area contributed by atoms with Gasteiger partial charge in [0, 0.05) is 11.5 Å². The van der Waals surface area contributed by atoms with E-state index in [2.05, 4.69) is 20.4 Å². The number of fused-ring (bicyclic) bond motifs is 3. The molecule has 0 saturated heterocycles. The normalized spacial score (nSPS) is 20.1. The molecule has 1 unspecified atom stereocenters. The van der Waals surface area contributed by atoms with Crippen LogP contribution >= 0.6 is 0 Å². The van der Waals surface area contributed by atoms with Gasteiger partial charge in [-0.2, -0.15) is 9.83 Å². The summed E-state index contributed by atoms with van der Waals surface area (Å²) in [7, 11) is 0. The van der Waals surface area contributed by atoms with Crippen molar-refractivity contribution in [3.8, 4) is 5.82 Å². The van der Waals surface area contributed by atoms with E-state index in [4.69, 9.17) is 0 Å². The van der Waals surface area contributed by atoms with Crippen LogP contribution in [0.1, 0.15) is 66.6 Å². The summed E-state index contributed by atoms with van der Waals surface area (Å²) in [6.45, 7) is 5.96. The first-order chi connectivity index (χ1) is 14.7. The summed E-state index contributed by atoms with van der Waals surface area (Å²) < 4.78 is 15.7. The van der Waals surface area contributed by atoms with Crippen LogP contribution in [0.25, 0.3) is 5.82 Å². The van der Waals surface area contributed by atoms with Gasteiger partial charge >= 0.3 is 0 Å². The Labute approximate surface area is 178 Å². The predicted molar refractivity (Wildman–Crippen MR) is 109 cm³/mol. The topological polar surface area (TPSA) is 99.6 Å². The fraction of sp³-hybridized carbons (Fsp3) is 0.409. The summed E-state index contributed by atoms with van der Waals surface area (Å²) in [4.78, 5) is 21.8. The summed E-state index contributed by atoms with van der Waals surface area (Å²) in [6, 6.07) is 2.49. The lowest BCUT2D eigenvalue weighted by atomic mass is 9.84. The average molecular weight is 422 g/mol. The fourth-order valence-corrected chi connectivity index (χ4v) is 4.44. The van der Waals surface area contributed by atoms with Crippen LogP contribution in [-0.4, -0.2) is 25.7 Å². The number of rotatable bonds is 4. The molecule has 1 N–H and O–H groups in total. The number of pyridine rings is 1. The van der Waals surface area contributed by atoms with Crippen molar-refractivity contribution in [1.29, 1.82) is 0 Å². The van der Waals surface area contributed by atoms with E-state index in [9.17, 15) is 14.4 Å². The molecule has 0 spiro atoms. The van der Waals surface area contributed by atoms with E-state index in [0.717, 1.165) is 30.3 Å². The maximum atomic E-state index is 13.4. The van der Waals surface area contributed by atoms with E-state index < -0.39 is 11.9 Å². The minimum absolute atomic E-state index is 0.312. The minimum atomic E-state index is -0.434. The first kappa shape index (κ1) is 19.6. The Bertz CT molecular complexity index is 1170. The Hall–Kier alpha value is -3.36. The first-order valence-electron chi connectivity index (χ1n) is 10.3. The summed E-state index contributed by atoms with van der Waals surface area (Å²) >= 11 is 0. The van der Waals surface area contributed by atoms with Crippen LogP contribution in [0.15, 0.2) is 36.9 Å². The molecular formula is C22H23FN6O2. The van der Waals surface area contributed by atoms with Gasteiger partial charge in [0.2, 0.25) is 12.0 Å². The molecule has 160 valence electrons. The van der Waals surface area contributed by atoms with Crippen LogP contribution in [0, 0.1) is 22.4 Å². The van der Waals surface area contributed by atoms with E-state index in [1.54, 1.807) is 10.7 Å². The lowest BCUT2D eigenvalue weighted by Gasteiger charge is -2.31. The molecule has 0 radical (unpaired) electrons. The van der Waals surface area contributed by atoms with Crippen molar-refractivity contribution in [1.82, 2.24) is 25.1 Å². The third-order valence-electron chi connectivity index (χ3n) is 6.05. The molecule has 0 bridgehead atoms. The van der Waals surface area contributed by atoms with Crippen LogP contribution in [-0.2, 0) is 6.42 Å². The highest BCUT2D eigenvalue weighted by molar-refractivity contribution is 5.94. The molecule has 0 aliphatic heterocycles. The molecule has 31 heavy (non-hydrogen) atoms. The van der Waals surface area contributed by atoms with Gasteiger partial charge in [-0.05, 0) is 36.3 Å². The van der Waals surface area contributed by atoms with Gasteiger partial charge in [-0.15, -0.1) is 0 Å². The molecule has 3 heterocycles. The maximum absolute atomic E-state index is 13.4. The number of aromatic nitrogens is 5. The van der Waals surface area contributed by atoms with Crippen LogP contribution in [0.4, 0.5) is 4.39 Å². The zero-order valence-corrected chi connectivity index (χ0v) is 17.5. The van der Waals surface area contributed by atoms with Gasteiger partial charge in [-0.1, -0.05) is 20.8 Å². The van der Waals surface area contributed by atoms with Crippen LogP contribution < -0.4 is 10.0 Å². The molecular weight excluding hydrogens is 399 g/mol. The van der Waals surface area contributed by atoms with Gasteiger partial charge in [0.1, 0.15) is 5.82 Å². The summed E-state index contributed by atoms with van der Waals surface area (Å²) in [6.07, 6.45) is 7.09. The molecule has 3 aromatic heterocycles. The van der Waals surface area contributed by atoms with E-state index in [1.165, 1.54) is 24.7 Å². The Morgan fingerprint density at radius 3 is 2.84 bits per heavy atom. The largest absolute Gasteiger partial charge is 0.619 e. The monoisotopic (exact) mass is 422 g/mol. The zero-order valence-electron chi connectivity index (χ0n) is 17.5. The number of hydrogen-bond donors (Lipinski definition) is 1. The summed E-state index contributed by atoms with van der Waals surface area (Å²) in [5, 5.41) is 19.4. The van der Waals surface area contributed by atoms with Gasteiger partial charge in [-0.3, -0.25) is 9.78 Å². The number of carbonyl (C=O) groups is 1. The lowest BCUT2D eigenvalue weighted by molar-refractivity contribution is -0.605. The molecule has 8 nitrogen and oxygen atoms in total. The lowest BCUT2D eigenvalue weighted by Crippen LogP contribution is -2.37. The Kier molecular flexibility index (Phi) is 4.32. The van der Waals surface area contributed by atoms with Crippen molar-refractivity contribution in [3.05, 3.63) is 70.6 Å². The number of carbonyl (C=O) groups excluding carboxylic acids is 1. The predicted octanol–water partition coefficient (Wildman–Crippen LogP) is 2.61. The van der Waals surface area contributed by atoms with Gasteiger partial charge in [0.15, 0.2) is 11.9 Å². The fourth-order valence-electron chi connectivity index (χ4n) is 4.44. The Balaban J connectivity index is 1.51. The third kappa shape index (κ3) is 3.43. The standard InChI is InChI=1S/C22H23FN6O2/c1-22(2,3)20(16-5-4-13(23)10-25-16)26-21(30)18-15-9-12-8-14(12)19(15)29(27-18)17-11-28(31)7-6-24-17/h4-7,10-12,14,20H,8-9H2,1-3H3,(H,26,30)/t12-,14-,20?/m1/s1. The molecule has 1 fully saturated rings. The van der Waals surface area contributed by atoms with Crippen molar-refractivity contribution in [3.63, 3.8) is 0 Å². The number of hydrogen-bond acceptors (Lipinski definition) is 5. The summed E-state index contributed by atoms with van der Waals surface area (Å²) in [5.74, 6) is 0.528. The number of nitrogens with zero attached hydrogens (tertiary/aromatic N) is 5. The highest BCUT2D eigenvalue weighted by Gasteiger charge is 2.50. The average Bonchev–Trinajstić information content (AvgIpc) is 3.21. The molecule has 3 atom stereocenters. The molecule has 2 aliphatic rings. The van der Waals surface area contributed by atoms with Gasteiger partial charge in [0.05, 0.1) is 29.8 Å². The van der Waals surface area contributed by atoms with Crippen LogP contribution in [0.2, 0.25) is 0 Å².